The van der Waals surface area contributed by atoms with E-state index in [0.29, 0.717) is 5.92 Å². The second-order valence-electron chi connectivity index (χ2n) is 35.8. The lowest BCUT2D eigenvalue weighted by Crippen LogP contribution is -2.35. The predicted molar refractivity (Wildman–Crippen MR) is 513 cm³/mol. The molecular weight excluding hydrogens is 1480 g/mol. The number of hydrogen-bond acceptors (Lipinski definition) is 3. The maximum atomic E-state index is 3.92. The number of hydrogen-bond donors (Lipinski definition) is 3. The van der Waals surface area contributed by atoms with E-state index < -0.39 is 10.8 Å². The second-order valence-corrected chi connectivity index (χ2v) is 35.8. The first-order chi connectivity index (χ1) is 60.3. The molecule has 7 aliphatic rings. The van der Waals surface area contributed by atoms with Gasteiger partial charge in [-0.2, -0.15) is 0 Å². The van der Waals surface area contributed by atoms with Gasteiger partial charge in [-0.3, -0.25) is 0 Å². The molecule has 3 N–H and O–H groups in total. The molecule has 0 spiro atoms. The van der Waals surface area contributed by atoms with Crippen LogP contribution >= 0.6 is 0 Å². The minimum atomic E-state index is -0.403. The van der Waals surface area contributed by atoms with E-state index in [0.717, 1.165) is 34.1 Å². The van der Waals surface area contributed by atoms with E-state index in [1.54, 1.807) is 0 Å². The monoisotopic (exact) mass is 1580 g/mol. The first kappa shape index (κ1) is 74.9. The van der Waals surface area contributed by atoms with Crippen molar-refractivity contribution in [3.63, 3.8) is 0 Å². The molecule has 123 heavy (non-hydrogen) atoms. The molecule has 0 bridgehead atoms. The highest BCUT2D eigenvalue weighted by molar-refractivity contribution is 5.94. The summed E-state index contributed by atoms with van der Waals surface area (Å²) >= 11 is 0. The lowest BCUT2D eigenvalue weighted by Gasteiger charge is -2.40. The van der Waals surface area contributed by atoms with Crippen LogP contribution in [0.5, 0.6) is 0 Å². The fraction of sp³-hybridized carbons (Fsp3) is 0.117. The van der Waals surface area contributed by atoms with Crippen molar-refractivity contribution in [2.45, 2.75) is 80.0 Å². The summed E-state index contributed by atoms with van der Waals surface area (Å²) in [5, 5.41) is 11.6. The highest BCUT2D eigenvalue weighted by Gasteiger charge is 2.55. The van der Waals surface area contributed by atoms with Gasteiger partial charge in [-0.05, 0) is 211 Å². The number of allylic oxidation sites excluding steroid dienone is 4. The second kappa shape index (κ2) is 29.2. The standard InChI is InChI=1S/C40H31N.C40H33N.C40H31N/c1-39(2)33-21-9-8-20-32(33)38-36(39)24-13-25-37(38)41-29-17-12-16-28(26-29)40(27-14-4-3-5-15-27)34-22-10-6-18-30(34)31-19-7-11-23-35(31)40;1-39(2)33-19-9-6-16-29(33)32-25-24-28(26-37(32)39)41-38-23-13-12-22-36(38)40(27-14-4-3-5-15-27)34-20-10-7-17-30(34)31-18-8-11-21-35(31)40;1-39(2)35-20-9-6-17-31(35)34-24-23-30(26-38(34)39)41-29-16-12-15-28(25-29)40(27-13-4-3-5-14-27)36-21-10-7-18-32(36)33-19-8-11-22-37(33)40/h3-26,41H,1-2H3;3-26,30,34,41H,1-2H3;3-26,41H,1-2H3. The smallest absolute Gasteiger partial charge is 0.0714 e. The minimum Gasteiger partial charge on any atom is -0.356 e. The molecule has 0 aromatic heterocycles. The lowest BCUT2D eigenvalue weighted by atomic mass is 9.62. The van der Waals surface area contributed by atoms with Crippen LogP contribution in [0.4, 0.5) is 34.1 Å². The summed E-state index contributed by atoms with van der Waals surface area (Å²) < 4.78 is 0. The summed E-state index contributed by atoms with van der Waals surface area (Å²) in [7, 11) is 0. The third-order valence-corrected chi connectivity index (χ3v) is 28.5. The Labute approximate surface area is 723 Å². The molecule has 24 rings (SSSR count). The van der Waals surface area contributed by atoms with Gasteiger partial charge in [-0.1, -0.05) is 418 Å². The van der Waals surface area contributed by atoms with Crippen LogP contribution in [0.25, 0.3) is 55.6 Å². The van der Waals surface area contributed by atoms with Crippen LogP contribution in [0.3, 0.4) is 0 Å². The molecule has 7 aliphatic carbocycles. The van der Waals surface area contributed by atoms with E-state index in [2.05, 4.69) is 494 Å². The molecule has 0 saturated carbocycles. The van der Waals surface area contributed by atoms with Gasteiger partial charge in [0.1, 0.15) is 0 Å². The van der Waals surface area contributed by atoms with Gasteiger partial charge in [0.05, 0.1) is 16.2 Å². The number of benzene rings is 17. The summed E-state index contributed by atoms with van der Waals surface area (Å²) in [5.41, 5.74) is 43.0. The van der Waals surface area contributed by atoms with Crippen molar-refractivity contribution >= 4 is 34.1 Å². The maximum absolute atomic E-state index is 3.92. The van der Waals surface area contributed by atoms with E-state index >= 15 is 0 Å². The van der Waals surface area contributed by atoms with Gasteiger partial charge in [0.25, 0.3) is 0 Å². The molecule has 0 amide bonds. The zero-order chi connectivity index (χ0) is 82.8. The predicted octanol–water partition coefficient (Wildman–Crippen LogP) is 30.1. The molecule has 3 heteroatoms. The largest absolute Gasteiger partial charge is 0.356 e. The third kappa shape index (κ3) is 11.5. The van der Waals surface area contributed by atoms with Crippen LogP contribution in [-0.4, -0.2) is 0 Å². The Morgan fingerprint density at radius 2 is 0.520 bits per heavy atom. The van der Waals surface area contributed by atoms with Crippen LogP contribution in [0, 0.1) is 5.92 Å². The van der Waals surface area contributed by atoms with Crippen molar-refractivity contribution < 1.29 is 0 Å². The van der Waals surface area contributed by atoms with E-state index in [4.69, 9.17) is 0 Å². The molecular formula is C120H95N3. The van der Waals surface area contributed by atoms with Crippen LogP contribution < -0.4 is 16.0 Å². The normalized spacial score (nSPS) is 17.5. The van der Waals surface area contributed by atoms with E-state index in [9.17, 15) is 0 Å². The Balaban J connectivity index is 0.000000110. The van der Waals surface area contributed by atoms with Crippen molar-refractivity contribution in [2.75, 3.05) is 16.0 Å². The van der Waals surface area contributed by atoms with Gasteiger partial charge in [-0.25, -0.2) is 0 Å². The van der Waals surface area contributed by atoms with Gasteiger partial charge in [0, 0.05) is 67.8 Å². The lowest BCUT2D eigenvalue weighted by molar-refractivity contribution is 0.458. The van der Waals surface area contributed by atoms with Crippen molar-refractivity contribution in [2.24, 2.45) is 5.92 Å². The first-order valence-corrected chi connectivity index (χ1v) is 43.6. The number of nitrogens with one attached hydrogen (secondary N) is 3. The van der Waals surface area contributed by atoms with Crippen molar-refractivity contribution in [3.8, 4) is 55.6 Å². The van der Waals surface area contributed by atoms with Crippen molar-refractivity contribution in [1.82, 2.24) is 0 Å². The molecule has 3 unspecified atom stereocenters. The summed E-state index contributed by atoms with van der Waals surface area (Å²) in [6, 6.07) is 152. The van der Waals surface area contributed by atoms with Gasteiger partial charge in [-0.15, -0.1) is 0 Å². The van der Waals surface area contributed by atoms with Gasteiger partial charge in [0.15, 0.2) is 0 Å². The Kier molecular flexibility index (Phi) is 17.8. The summed E-state index contributed by atoms with van der Waals surface area (Å²) in [4.78, 5) is 0. The maximum Gasteiger partial charge on any atom is 0.0714 e. The number of para-hydroxylation sites is 1. The molecule has 0 saturated heterocycles. The molecule has 17 aromatic rings. The molecule has 3 nitrogen and oxygen atoms in total. The molecule has 0 heterocycles. The third-order valence-electron chi connectivity index (χ3n) is 28.5. The highest BCUT2D eigenvalue weighted by atomic mass is 14.9. The Hall–Kier alpha value is -14.4. The van der Waals surface area contributed by atoms with Crippen LogP contribution in [0.2, 0.25) is 0 Å². The van der Waals surface area contributed by atoms with Crippen molar-refractivity contribution in [1.29, 1.82) is 0 Å². The van der Waals surface area contributed by atoms with Crippen LogP contribution in [-0.2, 0) is 32.5 Å². The van der Waals surface area contributed by atoms with Gasteiger partial charge in [0.2, 0.25) is 0 Å². The molecule has 590 valence electrons. The fourth-order valence-electron chi connectivity index (χ4n) is 23.1. The first-order valence-electron chi connectivity index (χ1n) is 43.6. The van der Waals surface area contributed by atoms with Crippen LogP contribution in [0.15, 0.2) is 437 Å². The number of anilines is 6. The summed E-state index contributed by atoms with van der Waals surface area (Å²) in [6.07, 6.45) is 9.28. The average molecular weight is 1580 g/mol. The minimum absolute atomic E-state index is 0.0277. The van der Waals surface area contributed by atoms with E-state index in [-0.39, 0.29) is 27.6 Å². The van der Waals surface area contributed by atoms with E-state index in [1.165, 1.54) is 156 Å². The number of rotatable bonds is 12. The summed E-state index contributed by atoms with van der Waals surface area (Å²) in [5.74, 6) is 0.618. The van der Waals surface area contributed by atoms with Gasteiger partial charge < -0.3 is 16.0 Å². The van der Waals surface area contributed by atoms with E-state index in [1.807, 2.05) is 0 Å². The molecule has 0 fully saturated rings. The Bertz CT molecular complexity index is 7000. The average Bonchev–Trinajstić information content (AvgIpc) is 1.55. The van der Waals surface area contributed by atoms with Crippen molar-refractivity contribution in [3.05, 3.63) is 537 Å². The molecule has 17 aromatic carbocycles. The SMILES string of the molecule is CC1(C)c2ccccc2-c2c(Nc3cccc(C4(c5ccccc5)c5ccccc5-c5ccccc54)c3)cccc21.CC1(C)c2ccccc2-c2ccc(Nc3cccc(C4(c5ccccc5)c5ccccc5-c5ccccc54)c3)cc21.CC1(C)c2ccccc2-c2ccc(Nc3ccccc3C3(c4ccccc4)c4ccccc4C4C=CC=CC43)cc21. The molecule has 0 aliphatic heterocycles. The zero-order valence-corrected chi connectivity index (χ0v) is 70.2. The Morgan fingerprint density at radius 1 is 0.203 bits per heavy atom. The topological polar surface area (TPSA) is 36.1 Å². The van der Waals surface area contributed by atoms with Gasteiger partial charge >= 0.3 is 0 Å². The fourth-order valence-corrected chi connectivity index (χ4v) is 23.1. The molecule has 0 radical (unpaired) electrons. The Morgan fingerprint density at radius 3 is 1.02 bits per heavy atom. The van der Waals surface area contributed by atoms with Crippen LogP contribution in [0.1, 0.15) is 148 Å². The number of fused-ring (bicyclic) bond motifs is 18. The summed E-state index contributed by atoms with van der Waals surface area (Å²) in [6.45, 7) is 14.0. The zero-order valence-electron chi connectivity index (χ0n) is 70.2. The quantitative estimate of drug-likeness (QED) is 0.114. The highest BCUT2D eigenvalue weighted by Crippen LogP contribution is 2.63. The molecule has 3 atom stereocenters.